The number of carbonyl (C=O) groups excluding carboxylic acids is 3. The molecule has 3 aliphatic rings. The molecule has 1 N–H and O–H groups in total. The highest BCUT2D eigenvalue weighted by atomic mass is 35.5. The van der Waals surface area contributed by atoms with Crippen LogP contribution in [-0.4, -0.2) is 36.1 Å². The first-order valence-electron chi connectivity index (χ1n) is 16.1. The van der Waals surface area contributed by atoms with Gasteiger partial charge in [-0.1, -0.05) is 81.2 Å². The molecule has 0 spiro atoms. The van der Waals surface area contributed by atoms with Gasteiger partial charge in [0.15, 0.2) is 29.7 Å². The summed E-state index contributed by atoms with van der Waals surface area (Å²) < 4.78 is 11.6. The molecule has 48 heavy (non-hydrogen) atoms. The van der Waals surface area contributed by atoms with E-state index in [2.05, 4.69) is 50.0 Å². The molecule has 2 aliphatic carbocycles. The first-order valence-corrected chi connectivity index (χ1v) is 16.9. The summed E-state index contributed by atoms with van der Waals surface area (Å²) in [6.45, 7) is 8.74. The number of hydrogen-bond acceptors (Lipinski definition) is 6. The number of ether oxygens (including phenoxy) is 2. The zero-order valence-corrected chi connectivity index (χ0v) is 29.4. The lowest BCUT2D eigenvalue weighted by Gasteiger charge is -2.49. The summed E-state index contributed by atoms with van der Waals surface area (Å²) in [5, 5.41) is 3.54. The van der Waals surface area contributed by atoms with Crippen LogP contribution in [0.3, 0.4) is 0 Å². The van der Waals surface area contributed by atoms with E-state index in [1.54, 1.807) is 36.4 Å². The lowest BCUT2D eigenvalue weighted by atomic mass is 9.63. The number of ketones is 2. The van der Waals surface area contributed by atoms with E-state index in [-0.39, 0.29) is 45.7 Å². The maximum Gasteiger partial charge on any atom is 0.262 e. The SMILES string of the molecule is COc1cc(C2C3=C(CC(C)(C)CC3=O)N(Cc3ccccc3)C3=C2C(=O)CC(C)(C)C3)cc(Cl)c1OCC(=O)Nc1ccc(Cl)cc1. The largest absolute Gasteiger partial charge is 0.493 e. The molecule has 0 saturated heterocycles. The Morgan fingerprint density at radius 3 is 2.00 bits per heavy atom. The highest BCUT2D eigenvalue weighted by Crippen LogP contribution is 2.55. The third-order valence-corrected chi connectivity index (χ3v) is 9.80. The van der Waals surface area contributed by atoms with Crippen LogP contribution >= 0.6 is 23.2 Å². The number of rotatable bonds is 8. The molecule has 0 atom stereocenters. The molecule has 0 aromatic heterocycles. The van der Waals surface area contributed by atoms with Gasteiger partial charge < -0.3 is 19.7 Å². The zero-order valence-electron chi connectivity index (χ0n) is 27.9. The topological polar surface area (TPSA) is 84.9 Å². The Hall–Kier alpha value is -4.07. The van der Waals surface area contributed by atoms with Crippen molar-refractivity contribution in [3.63, 3.8) is 0 Å². The van der Waals surface area contributed by atoms with E-state index in [0.29, 0.717) is 65.4 Å². The molecule has 3 aromatic carbocycles. The molecule has 0 bridgehead atoms. The van der Waals surface area contributed by atoms with Gasteiger partial charge in [0.2, 0.25) is 0 Å². The van der Waals surface area contributed by atoms with Gasteiger partial charge in [0, 0.05) is 58.6 Å². The summed E-state index contributed by atoms with van der Waals surface area (Å²) in [5.41, 5.74) is 5.07. The van der Waals surface area contributed by atoms with Gasteiger partial charge in [-0.15, -0.1) is 0 Å². The van der Waals surface area contributed by atoms with Crippen LogP contribution in [0.15, 0.2) is 89.3 Å². The number of anilines is 1. The van der Waals surface area contributed by atoms with Crippen LogP contribution in [0.25, 0.3) is 0 Å². The Kier molecular flexibility index (Phi) is 9.22. The second-order valence-corrected chi connectivity index (χ2v) is 15.3. The Bertz CT molecular complexity index is 1790. The van der Waals surface area contributed by atoms with Crippen LogP contribution < -0.4 is 14.8 Å². The van der Waals surface area contributed by atoms with E-state index in [4.69, 9.17) is 32.7 Å². The molecule has 1 heterocycles. The van der Waals surface area contributed by atoms with Gasteiger partial charge in [0.25, 0.3) is 5.91 Å². The second-order valence-electron chi connectivity index (χ2n) is 14.5. The van der Waals surface area contributed by atoms with E-state index < -0.39 is 5.92 Å². The van der Waals surface area contributed by atoms with E-state index >= 15 is 0 Å². The van der Waals surface area contributed by atoms with Crippen LogP contribution in [0.2, 0.25) is 10.0 Å². The molecule has 1 aliphatic heterocycles. The molecule has 0 saturated carbocycles. The van der Waals surface area contributed by atoms with Crippen molar-refractivity contribution in [2.24, 2.45) is 10.8 Å². The summed E-state index contributed by atoms with van der Waals surface area (Å²) in [7, 11) is 1.50. The molecule has 0 fully saturated rings. The molecular formula is C39H40Cl2N2O5. The predicted octanol–water partition coefficient (Wildman–Crippen LogP) is 8.91. The van der Waals surface area contributed by atoms with E-state index in [9.17, 15) is 14.4 Å². The number of methoxy groups -OCH3 is 1. The highest BCUT2D eigenvalue weighted by molar-refractivity contribution is 6.32. The Labute approximate surface area is 291 Å². The third-order valence-electron chi connectivity index (χ3n) is 9.27. The zero-order chi connectivity index (χ0) is 34.4. The van der Waals surface area contributed by atoms with Gasteiger partial charge in [-0.05, 0) is 71.2 Å². The van der Waals surface area contributed by atoms with Crippen LogP contribution in [0, 0.1) is 10.8 Å². The third kappa shape index (κ3) is 6.90. The minimum absolute atomic E-state index is 0.0304. The van der Waals surface area contributed by atoms with E-state index in [0.717, 1.165) is 17.0 Å². The maximum atomic E-state index is 14.2. The van der Waals surface area contributed by atoms with Crippen molar-refractivity contribution in [2.45, 2.75) is 65.8 Å². The normalized spacial score (nSPS) is 18.8. The minimum atomic E-state index is -0.608. The molecule has 250 valence electrons. The van der Waals surface area contributed by atoms with Crippen LogP contribution in [0.5, 0.6) is 11.5 Å². The van der Waals surface area contributed by atoms with Crippen molar-refractivity contribution in [1.29, 1.82) is 0 Å². The number of Topliss-reactive ketones (excluding diaryl/α,β-unsaturated/α-hetero) is 2. The Balaban J connectivity index is 1.42. The summed E-state index contributed by atoms with van der Waals surface area (Å²) in [6.07, 6.45) is 2.13. The van der Waals surface area contributed by atoms with Crippen LogP contribution in [0.4, 0.5) is 5.69 Å². The number of halogens is 2. The number of allylic oxidation sites excluding steroid dienone is 4. The van der Waals surface area contributed by atoms with Gasteiger partial charge in [0.05, 0.1) is 12.1 Å². The number of amides is 1. The van der Waals surface area contributed by atoms with Crippen LogP contribution in [0.1, 0.15) is 70.4 Å². The molecule has 0 unspecified atom stereocenters. The van der Waals surface area contributed by atoms with Gasteiger partial charge in [0.1, 0.15) is 0 Å². The molecule has 3 aromatic rings. The lowest BCUT2D eigenvalue weighted by Crippen LogP contribution is -2.44. The number of nitrogens with one attached hydrogen (secondary N) is 1. The molecule has 1 amide bonds. The number of hydrogen-bond donors (Lipinski definition) is 1. The maximum absolute atomic E-state index is 14.2. The monoisotopic (exact) mass is 686 g/mol. The number of benzene rings is 3. The Morgan fingerprint density at radius 2 is 1.44 bits per heavy atom. The quantitative estimate of drug-likeness (QED) is 0.255. The second kappa shape index (κ2) is 13.1. The molecule has 6 rings (SSSR count). The summed E-state index contributed by atoms with van der Waals surface area (Å²) in [4.78, 5) is 43.4. The van der Waals surface area contributed by atoms with Crippen molar-refractivity contribution >= 4 is 46.4 Å². The molecule has 7 nitrogen and oxygen atoms in total. The fraction of sp³-hybridized carbons (Fsp3) is 0.359. The number of nitrogens with zero attached hydrogens (tertiary/aromatic N) is 1. The van der Waals surface area contributed by atoms with Gasteiger partial charge in [-0.25, -0.2) is 0 Å². The minimum Gasteiger partial charge on any atom is -0.493 e. The number of carbonyl (C=O) groups is 3. The first kappa shape index (κ1) is 33.8. The van der Waals surface area contributed by atoms with Crippen molar-refractivity contribution in [3.05, 3.63) is 110 Å². The average molecular weight is 688 g/mol. The van der Waals surface area contributed by atoms with Gasteiger partial charge >= 0.3 is 0 Å². The smallest absolute Gasteiger partial charge is 0.262 e. The van der Waals surface area contributed by atoms with E-state index in [1.165, 1.54) is 7.11 Å². The summed E-state index contributed by atoms with van der Waals surface area (Å²) >= 11 is 12.8. The summed E-state index contributed by atoms with van der Waals surface area (Å²) in [6, 6.07) is 20.4. The molecule has 9 heteroatoms. The lowest BCUT2D eigenvalue weighted by molar-refractivity contribution is -0.120. The first-order chi connectivity index (χ1) is 22.7. The van der Waals surface area contributed by atoms with E-state index in [1.807, 2.05) is 18.2 Å². The van der Waals surface area contributed by atoms with Crippen molar-refractivity contribution in [3.8, 4) is 11.5 Å². The average Bonchev–Trinajstić information content (AvgIpc) is 3.01. The van der Waals surface area contributed by atoms with Gasteiger partial charge in [-0.3, -0.25) is 14.4 Å². The van der Waals surface area contributed by atoms with Crippen molar-refractivity contribution in [2.75, 3.05) is 19.0 Å². The van der Waals surface area contributed by atoms with Crippen molar-refractivity contribution < 1.29 is 23.9 Å². The predicted molar refractivity (Wildman–Crippen MR) is 188 cm³/mol. The van der Waals surface area contributed by atoms with Gasteiger partial charge in [-0.2, -0.15) is 0 Å². The molecular weight excluding hydrogens is 647 g/mol. The fourth-order valence-electron chi connectivity index (χ4n) is 7.25. The molecule has 0 radical (unpaired) electrons. The summed E-state index contributed by atoms with van der Waals surface area (Å²) in [5.74, 6) is -0.430. The fourth-order valence-corrected chi connectivity index (χ4v) is 7.65. The van der Waals surface area contributed by atoms with Crippen LogP contribution in [-0.2, 0) is 20.9 Å². The van der Waals surface area contributed by atoms with Crippen molar-refractivity contribution in [1.82, 2.24) is 4.90 Å². The Morgan fingerprint density at radius 1 is 0.854 bits per heavy atom. The highest BCUT2D eigenvalue weighted by Gasteiger charge is 2.49. The standard InChI is InChI=1S/C39H40Cl2N2O5/c1-38(2)17-28-35(30(44)19-38)34(36-29(18-39(3,4)20-31(36)45)43(28)21-23-9-7-6-8-10-23)24-15-27(41)37(32(16-24)47-5)48-22-33(46)42-26-13-11-25(40)12-14-26/h6-16,34H,17-22H2,1-5H3,(H,42,46).